The van der Waals surface area contributed by atoms with Crippen LogP contribution in [0, 0.1) is 0 Å². The molecule has 2 aromatic rings. The van der Waals surface area contributed by atoms with Gasteiger partial charge in [-0.15, -0.1) is 0 Å². The average Bonchev–Trinajstić information content (AvgIpc) is 2.52. The van der Waals surface area contributed by atoms with E-state index in [9.17, 15) is 9.59 Å². The molecule has 3 rings (SSSR count). The standard InChI is InChI=1S/C17H16N2O2/c1-3-19-13-9-5-7-11-15(13)17(21)14-10(16(11)20)6-4-8-12(14)18-2/h4-9,18-19H,3H2,1-2H3. The van der Waals surface area contributed by atoms with Crippen LogP contribution in [-0.2, 0) is 0 Å². The van der Waals surface area contributed by atoms with Gasteiger partial charge in [-0.05, 0) is 19.1 Å². The van der Waals surface area contributed by atoms with Gasteiger partial charge in [0.2, 0.25) is 0 Å². The molecule has 2 aromatic carbocycles. The smallest absolute Gasteiger partial charge is 0.198 e. The number of anilines is 2. The van der Waals surface area contributed by atoms with Crippen molar-refractivity contribution in [2.45, 2.75) is 6.92 Å². The van der Waals surface area contributed by atoms with Gasteiger partial charge in [-0.1, -0.05) is 24.3 Å². The monoisotopic (exact) mass is 280 g/mol. The molecule has 0 spiro atoms. The lowest BCUT2D eigenvalue weighted by molar-refractivity contribution is 0.0980. The topological polar surface area (TPSA) is 58.2 Å². The van der Waals surface area contributed by atoms with E-state index in [1.807, 2.05) is 19.1 Å². The summed E-state index contributed by atoms with van der Waals surface area (Å²) in [7, 11) is 1.75. The molecule has 4 nitrogen and oxygen atoms in total. The van der Waals surface area contributed by atoms with Crippen molar-refractivity contribution in [3.8, 4) is 0 Å². The second-order valence-corrected chi connectivity index (χ2v) is 4.89. The van der Waals surface area contributed by atoms with Gasteiger partial charge in [0.1, 0.15) is 0 Å². The van der Waals surface area contributed by atoms with Crippen molar-refractivity contribution >= 4 is 22.9 Å². The zero-order valence-electron chi connectivity index (χ0n) is 12.0. The molecule has 0 saturated heterocycles. The second-order valence-electron chi connectivity index (χ2n) is 4.89. The van der Waals surface area contributed by atoms with Crippen LogP contribution in [0.1, 0.15) is 38.8 Å². The Hall–Kier alpha value is -2.62. The van der Waals surface area contributed by atoms with Gasteiger partial charge in [0, 0.05) is 36.1 Å². The number of hydrogen-bond donors (Lipinski definition) is 2. The zero-order valence-corrected chi connectivity index (χ0v) is 12.0. The van der Waals surface area contributed by atoms with Gasteiger partial charge in [-0.2, -0.15) is 0 Å². The minimum absolute atomic E-state index is 0.101. The first-order valence-corrected chi connectivity index (χ1v) is 6.96. The summed E-state index contributed by atoms with van der Waals surface area (Å²) in [6.45, 7) is 2.65. The molecule has 1 aliphatic rings. The number of benzene rings is 2. The normalized spacial score (nSPS) is 12.7. The average molecular weight is 280 g/mol. The maximum atomic E-state index is 12.9. The van der Waals surface area contributed by atoms with Crippen molar-refractivity contribution in [1.29, 1.82) is 0 Å². The van der Waals surface area contributed by atoms with E-state index in [0.717, 1.165) is 0 Å². The van der Waals surface area contributed by atoms with Crippen molar-refractivity contribution in [2.75, 3.05) is 24.2 Å². The molecule has 0 unspecified atom stereocenters. The minimum atomic E-state index is -0.110. The van der Waals surface area contributed by atoms with Crippen molar-refractivity contribution in [3.63, 3.8) is 0 Å². The van der Waals surface area contributed by atoms with Crippen LogP contribution in [0.2, 0.25) is 0 Å². The van der Waals surface area contributed by atoms with Gasteiger partial charge in [-0.3, -0.25) is 9.59 Å². The molecular formula is C17H16N2O2. The molecule has 0 fully saturated rings. The quantitative estimate of drug-likeness (QED) is 0.774. The summed E-state index contributed by atoms with van der Waals surface area (Å²) in [5, 5.41) is 6.16. The molecular weight excluding hydrogens is 264 g/mol. The maximum Gasteiger partial charge on any atom is 0.198 e. The van der Waals surface area contributed by atoms with Crippen molar-refractivity contribution in [2.24, 2.45) is 0 Å². The van der Waals surface area contributed by atoms with Gasteiger partial charge in [0.25, 0.3) is 0 Å². The predicted molar refractivity (Wildman–Crippen MR) is 83.5 cm³/mol. The molecule has 0 aromatic heterocycles. The van der Waals surface area contributed by atoms with E-state index in [-0.39, 0.29) is 11.6 Å². The van der Waals surface area contributed by atoms with Crippen molar-refractivity contribution in [3.05, 3.63) is 58.7 Å². The Morgan fingerprint density at radius 2 is 1.43 bits per heavy atom. The van der Waals surface area contributed by atoms with E-state index >= 15 is 0 Å². The van der Waals surface area contributed by atoms with E-state index < -0.39 is 0 Å². The number of carbonyl (C=O) groups excluding carboxylic acids is 2. The third-order valence-electron chi connectivity index (χ3n) is 3.71. The van der Waals surface area contributed by atoms with Crippen LogP contribution in [0.5, 0.6) is 0 Å². The lowest BCUT2D eigenvalue weighted by Crippen LogP contribution is -2.23. The highest BCUT2D eigenvalue weighted by Crippen LogP contribution is 2.35. The maximum absolute atomic E-state index is 12.9. The van der Waals surface area contributed by atoms with Gasteiger partial charge in [0.15, 0.2) is 11.6 Å². The largest absolute Gasteiger partial charge is 0.388 e. The Balaban J connectivity index is 2.29. The van der Waals surface area contributed by atoms with Gasteiger partial charge >= 0.3 is 0 Å². The van der Waals surface area contributed by atoms with E-state index in [0.29, 0.717) is 40.2 Å². The fraction of sp³-hybridized carbons (Fsp3) is 0.176. The SMILES string of the molecule is CCNc1cccc2c1C(=O)c1c(NC)cccc1C2=O. The molecule has 21 heavy (non-hydrogen) atoms. The molecule has 0 saturated carbocycles. The lowest BCUT2D eigenvalue weighted by Gasteiger charge is -2.22. The van der Waals surface area contributed by atoms with E-state index in [4.69, 9.17) is 0 Å². The number of nitrogens with one attached hydrogen (secondary N) is 2. The molecule has 0 radical (unpaired) electrons. The summed E-state index contributed by atoms with van der Waals surface area (Å²) in [5.74, 6) is -0.211. The first kappa shape index (κ1) is 13.4. The Morgan fingerprint density at radius 1 is 0.857 bits per heavy atom. The Bertz CT molecular complexity index is 750. The van der Waals surface area contributed by atoms with Crippen LogP contribution < -0.4 is 10.6 Å². The summed E-state index contributed by atoms with van der Waals surface area (Å²) in [6, 6.07) is 10.7. The molecule has 4 heteroatoms. The Morgan fingerprint density at radius 3 is 2.00 bits per heavy atom. The molecule has 0 bridgehead atoms. The summed E-state index contributed by atoms with van der Waals surface area (Å²) >= 11 is 0. The number of ketones is 2. The van der Waals surface area contributed by atoms with Crippen LogP contribution in [-0.4, -0.2) is 25.2 Å². The Kier molecular flexibility index (Phi) is 3.22. The molecule has 0 heterocycles. The molecule has 0 aliphatic heterocycles. The summed E-state index contributed by atoms with van der Waals surface area (Å²) < 4.78 is 0. The van der Waals surface area contributed by atoms with Crippen LogP contribution in [0.3, 0.4) is 0 Å². The fourth-order valence-corrected chi connectivity index (χ4v) is 2.79. The molecule has 0 atom stereocenters. The summed E-state index contributed by atoms with van der Waals surface area (Å²) in [4.78, 5) is 25.6. The first-order valence-electron chi connectivity index (χ1n) is 6.96. The lowest BCUT2D eigenvalue weighted by atomic mass is 9.82. The predicted octanol–water partition coefficient (Wildman–Crippen LogP) is 2.94. The van der Waals surface area contributed by atoms with Crippen molar-refractivity contribution < 1.29 is 9.59 Å². The third kappa shape index (κ3) is 1.91. The molecule has 0 amide bonds. The second kappa shape index (κ2) is 5.05. The summed E-state index contributed by atoms with van der Waals surface area (Å²) in [5.41, 5.74) is 3.27. The van der Waals surface area contributed by atoms with Crippen LogP contribution in [0.4, 0.5) is 11.4 Å². The highest BCUT2D eigenvalue weighted by Gasteiger charge is 2.33. The van der Waals surface area contributed by atoms with Crippen LogP contribution in [0.15, 0.2) is 36.4 Å². The number of fused-ring (bicyclic) bond motifs is 2. The minimum Gasteiger partial charge on any atom is -0.388 e. The molecule has 106 valence electrons. The number of rotatable bonds is 3. The van der Waals surface area contributed by atoms with Gasteiger partial charge in [0.05, 0.1) is 11.1 Å². The zero-order chi connectivity index (χ0) is 15.0. The fourth-order valence-electron chi connectivity index (χ4n) is 2.79. The number of hydrogen-bond acceptors (Lipinski definition) is 4. The van der Waals surface area contributed by atoms with Crippen molar-refractivity contribution in [1.82, 2.24) is 0 Å². The highest BCUT2D eigenvalue weighted by atomic mass is 16.1. The highest BCUT2D eigenvalue weighted by molar-refractivity contribution is 6.31. The first-order chi connectivity index (χ1) is 10.2. The van der Waals surface area contributed by atoms with E-state index in [1.165, 1.54) is 0 Å². The van der Waals surface area contributed by atoms with Crippen LogP contribution >= 0.6 is 0 Å². The molecule has 2 N–H and O–H groups in total. The van der Waals surface area contributed by atoms with Crippen LogP contribution in [0.25, 0.3) is 0 Å². The molecule has 1 aliphatic carbocycles. The van der Waals surface area contributed by atoms with Gasteiger partial charge in [-0.25, -0.2) is 0 Å². The Labute approximate surface area is 123 Å². The third-order valence-corrected chi connectivity index (χ3v) is 3.71. The number of carbonyl (C=O) groups is 2. The van der Waals surface area contributed by atoms with Gasteiger partial charge < -0.3 is 10.6 Å². The van der Waals surface area contributed by atoms with E-state index in [1.54, 1.807) is 31.3 Å². The van der Waals surface area contributed by atoms with E-state index in [2.05, 4.69) is 10.6 Å². The summed E-state index contributed by atoms with van der Waals surface area (Å²) in [6.07, 6.45) is 0.